The Balaban J connectivity index is 2.51. The molecule has 0 saturated heterocycles. The fourth-order valence-electron chi connectivity index (χ4n) is 2.82. The Labute approximate surface area is 87.6 Å². The van der Waals surface area contributed by atoms with Gasteiger partial charge < -0.3 is 4.79 Å². The summed E-state index contributed by atoms with van der Waals surface area (Å²) in [6.45, 7) is 6.05. The van der Waals surface area contributed by atoms with Crippen molar-refractivity contribution in [1.29, 1.82) is 0 Å². The predicted molar refractivity (Wildman–Crippen MR) is 60.1 cm³/mol. The maximum atomic E-state index is 10.5. The van der Waals surface area contributed by atoms with Crippen LogP contribution in [0.2, 0.25) is 0 Å². The lowest BCUT2D eigenvalue weighted by atomic mass is 9.71. The molecular weight excluding hydrogens is 172 g/mol. The van der Waals surface area contributed by atoms with E-state index < -0.39 is 0 Å². The van der Waals surface area contributed by atoms with Gasteiger partial charge in [0.15, 0.2) is 0 Å². The van der Waals surface area contributed by atoms with Gasteiger partial charge in [-0.2, -0.15) is 0 Å². The first-order valence-electron chi connectivity index (χ1n) is 5.84. The van der Waals surface area contributed by atoms with Gasteiger partial charge in [0.1, 0.15) is 6.29 Å². The smallest absolute Gasteiger partial charge is 0.120 e. The first-order valence-corrected chi connectivity index (χ1v) is 5.84. The zero-order valence-corrected chi connectivity index (χ0v) is 9.24. The monoisotopic (exact) mass is 194 g/mol. The second kappa shape index (κ2) is 6.00. The highest BCUT2D eigenvalue weighted by atomic mass is 16.1. The van der Waals surface area contributed by atoms with E-state index in [2.05, 4.69) is 13.5 Å². The molecule has 0 aromatic heterocycles. The lowest BCUT2D eigenvalue weighted by Crippen LogP contribution is -2.25. The highest BCUT2D eigenvalue weighted by molar-refractivity contribution is 5.49. The minimum absolute atomic E-state index is 0.567. The van der Waals surface area contributed by atoms with Crippen molar-refractivity contribution in [2.24, 2.45) is 17.8 Å². The molecule has 0 spiro atoms. The van der Waals surface area contributed by atoms with Crippen LogP contribution in [0.5, 0.6) is 0 Å². The first kappa shape index (κ1) is 11.5. The Kier molecular flexibility index (Phi) is 4.92. The summed E-state index contributed by atoms with van der Waals surface area (Å²) >= 11 is 0. The topological polar surface area (TPSA) is 17.1 Å². The lowest BCUT2D eigenvalue weighted by molar-refractivity contribution is -0.109. The van der Waals surface area contributed by atoms with E-state index in [1.807, 2.05) is 6.08 Å². The molecule has 1 aliphatic carbocycles. The van der Waals surface area contributed by atoms with E-state index in [0.29, 0.717) is 5.92 Å². The maximum Gasteiger partial charge on any atom is 0.120 e. The molecule has 3 unspecified atom stereocenters. The third kappa shape index (κ3) is 2.97. The van der Waals surface area contributed by atoms with Crippen molar-refractivity contribution < 1.29 is 4.79 Å². The molecule has 1 fully saturated rings. The molecule has 1 rings (SSSR count). The fourth-order valence-corrected chi connectivity index (χ4v) is 2.82. The molecule has 0 N–H and O–H groups in total. The number of hydrogen-bond acceptors (Lipinski definition) is 1. The molecule has 0 radical (unpaired) electrons. The quantitative estimate of drug-likeness (QED) is 0.483. The third-order valence-electron chi connectivity index (χ3n) is 3.64. The fraction of sp³-hybridized carbons (Fsp3) is 0.769. The van der Waals surface area contributed by atoms with E-state index in [0.717, 1.165) is 31.0 Å². The van der Waals surface area contributed by atoms with Crippen LogP contribution in [-0.2, 0) is 4.79 Å². The molecule has 80 valence electrons. The number of rotatable bonds is 5. The highest BCUT2D eigenvalue weighted by Crippen LogP contribution is 2.38. The van der Waals surface area contributed by atoms with E-state index in [1.54, 1.807) is 0 Å². The van der Waals surface area contributed by atoms with Gasteiger partial charge in [0.05, 0.1) is 0 Å². The van der Waals surface area contributed by atoms with Crippen LogP contribution < -0.4 is 0 Å². The Hall–Kier alpha value is -0.590. The summed E-state index contributed by atoms with van der Waals surface area (Å²) in [6, 6.07) is 0. The van der Waals surface area contributed by atoms with Crippen molar-refractivity contribution in [3.8, 4) is 0 Å². The normalized spacial score (nSPS) is 29.5. The second-order valence-corrected chi connectivity index (χ2v) is 4.61. The SMILES string of the molecule is C=CCC1CCCCC1C(C)CC=O. The van der Waals surface area contributed by atoms with Crippen LogP contribution in [0.25, 0.3) is 0 Å². The average Bonchev–Trinajstić information content (AvgIpc) is 2.19. The molecule has 0 bridgehead atoms. The number of aldehydes is 1. The summed E-state index contributed by atoms with van der Waals surface area (Å²) in [4.78, 5) is 10.5. The Morgan fingerprint density at radius 3 is 2.79 bits per heavy atom. The van der Waals surface area contributed by atoms with E-state index >= 15 is 0 Å². The lowest BCUT2D eigenvalue weighted by Gasteiger charge is -2.34. The van der Waals surface area contributed by atoms with Crippen LogP contribution in [0.15, 0.2) is 12.7 Å². The van der Waals surface area contributed by atoms with E-state index in [9.17, 15) is 4.79 Å². The van der Waals surface area contributed by atoms with Gasteiger partial charge >= 0.3 is 0 Å². The van der Waals surface area contributed by atoms with Crippen LogP contribution in [0.4, 0.5) is 0 Å². The molecule has 14 heavy (non-hydrogen) atoms. The van der Waals surface area contributed by atoms with Crippen LogP contribution in [0.3, 0.4) is 0 Å². The van der Waals surface area contributed by atoms with Crippen LogP contribution in [0, 0.1) is 17.8 Å². The maximum absolute atomic E-state index is 10.5. The van der Waals surface area contributed by atoms with Crippen molar-refractivity contribution >= 4 is 6.29 Å². The van der Waals surface area contributed by atoms with Crippen LogP contribution in [0.1, 0.15) is 45.4 Å². The van der Waals surface area contributed by atoms with Crippen LogP contribution in [-0.4, -0.2) is 6.29 Å². The molecule has 0 aromatic rings. The molecule has 3 atom stereocenters. The molecule has 0 aliphatic heterocycles. The van der Waals surface area contributed by atoms with Gasteiger partial charge in [-0.1, -0.05) is 25.8 Å². The molecule has 0 aromatic carbocycles. The summed E-state index contributed by atoms with van der Waals surface area (Å²) in [7, 11) is 0. The molecule has 1 aliphatic rings. The zero-order chi connectivity index (χ0) is 10.4. The van der Waals surface area contributed by atoms with Crippen LogP contribution >= 0.6 is 0 Å². The molecule has 0 amide bonds. The van der Waals surface area contributed by atoms with Gasteiger partial charge in [-0.05, 0) is 37.0 Å². The first-order chi connectivity index (χ1) is 6.79. The molecule has 1 saturated carbocycles. The largest absolute Gasteiger partial charge is 0.303 e. The third-order valence-corrected chi connectivity index (χ3v) is 3.64. The molecule has 1 nitrogen and oxygen atoms in total. The van der Waals surface area contributed by atoms with Gasteiger partial charge in [-0.3, -0.25) is 0 Å². The molecular formula is C13H22O. The highest BCUT2D eigenvalue weighted by Gasteiger charge is 2.28. The van der Waals surface area contributed by atoms with Gasteiger partial charge in [0.25, 0.3) is 0 Å². The Bertz CT molecular complexity index is 186. The average molecular weight is 194 g/mol. The minimum atomic E-state index is 0.567. The van der Waals surface area contributed by atoms with Gasteiger partial charge in [0.2, 0.25) is 0 Å². The van der Waals surface area contributed by atoms with Crippen molar-refractivity contribution in [3.05, 3.63) is 12.7 Å². The van der Waals surface area contributed by atoms with Crippen molar-refractivity contribution in [3.63, 3.8) is 0 Å². The van der Waals surface area contributed by atoms with E-state index in [4.69, 9.17) is 0 Å². The molecule has 1 heteroatoms. The summed E-state index contributed by atoms with van der Waals surface area (Å²) < 4.78 is 0. The number of hydrogen-bond donors (Lipinski definition) is 0. The van der Waals surface area contributed by atoms with Crippen molar-refractivity contribution in [1.82, 2.24) is 0 Å². The second-order valence-electron chi connectivity index (χ2n) is 4.61. The summed E-state index contributed by atoms with van der Waals surface area (Å²) in [5.74, 6) is 2.11. The Morgan fingerprint density at radius 2 is 2.14 bits per heavy atom. The van der Waals surface area contributed by atoms with E-state index in [1.165, 1.54) is 25.7 Å². The number of carbonyl (C=O) groups is 1. The van der Waals surface area contributed by atoms with E-state index in [-0.39, 0.29) is 0 Å². The predicted octanol–water partition coefficient (Wildman–Crippen LogP) is 3.59. The van der Waals surface area contributed by atoms with Gasteiger partial charge in [0, 0.05) is 6.42 Å². The van der Waals surface area contributed by atoms with Gasteiger partial charge in [-0.15, -0.1) is 6.58 Å². The Morgan fingerprint density at radius 1 is 1.43 bits per heavy atom. The zero-order valence-electron chi connectivity index (χ0n) is 9.24. The van der Waals surface area contributed by atoms with Gasteiger partial charge in [-0.25, -0.2) is 0 Å². The van der Waals surface area contributed by atoms with Crippen molar-refractivity contribution in [2.75, 3.05) is 0 Å². The number of allylic oxidation sites excluding steroid dienone is 1. The number of carbonyl (C=O) groups excluding carboxylic acids is 1. The minimum Gasteiger partial charge on any atom is -0.303 e. The standard InChI is InChI=1S/C13H22O/c1-3-6-12-7-4-5-8-13(12)11(2)9-10-14/h3,10-13H,1,4-9H2,2H3. The summed E-state index contributed by atoms with van der Waals surface area (Å²) in [6.07, 6.45) is 10.3. The van der Waals surface area contributed by atoms with Crippen molar-refractivity contribution in [2.45, 2.75) is 45.4 Å². The molecule has 0 heterocycles. The summed E-state index contributed by atoms with van der Waals surface area (Å²) in [5.41, 5.74) is 0. The summed E-state index contributed by atoms with van der Waals surface area (Å²) in [5, 5.41) is 0.